The Bertz CT molecular complexity index is 1590. The number of carbonyl (C=O) groups excluding carboxylic acids is 1. The number of aliphatic carboxylic acids is 4. The van der Waals surface area contributed by atoms with E-state index in [0.717, 1.165) is 61.3 Å². The summed E-state index contributed by atoms with van der Waals surface area (Å²) < 4.78 is 15.7. The van der Waals surface area contributed by atoms with Crippen LogP contribution in [0, 0.1) is 11.7 Å². The van der Waals surface area contributed by atoms with Crippen LogP contribution in [0.25, 0.3) is 11.0 Å². The van der Waals surface area contributed by atoms with Crippen molar-refractivity contribution < 1.29 is 48.8 Å². The van der Waals surface area contributed by atoms with Gasteiger partial charge in [-0.3, -0.25) is 4.79 Å². The van der Waals surface area contributed by atoms with E-state index < -0.39 is 23.9 Å². The molecule has 3 heterocycles. The third-order valence-corrected chi connectivity index (χ3v) is 7.50. The number of halogens is 1. The van der Waals surface area contributed by atoms with Gasteiger partial charge in [-0.15, -0.1) is 11.3 Å². The van der Waals surface area contributed by atoms with E-state index in [-0.39, 0.29) is 11.7 Å². The SMILES string of the molecule is O=C(NCCN1CCC(Cc2nc3ccccc3n2Cc2ccc(F)cc2)CC1)c1cscn1.O=C(O)C(=O)O.O=C(O)C(=O)O. The maximum Gasteiger partial charge on any atom is 0.414 e. The fourth-order valence-corrected chi connectivity index (χ4v) is 5.18. The van der Waals surface area contributed by atoms with E-state index in [1.165, 1.54) is 23.5 Å². The van der Waals surface area contributed by atoms with E-state index in [1.807, 2.05) is 24.3 Å². The first-order valence-electron chi connectivity index (χ1n) is 13.9. The highest BCUT2D eigenvalue weighted by atomic mass is 32.1. The number of thiazole rings is 1. The van der Waals surface area contributed by atoms with Gasteiger partial charge >= 0.3 is 23.9 Å². The number of likely N-dealkylation sites (tertiary alicyclic amines) is 1. The average molecular weight is 658 g/mol. The van der Waals surface area contributed by atoms with E-state index in [1.54, 1.807) is 10.9 Å². The minimum atomic E-state index is -1.82. The summed E-state index contributed by atoms with van der Waals surface area (Å²) in [6.45, 7) is 4.22. The molecule has 2 aromatic heterocycles. The molecule has 0 spiro atoms. The van der Waals surface area contributed by atoms with E-state index in [0.29, 0.717) is 24.7 Å². The fourth-order valence-electron chi connectivity index (χ4n) is 4.65. The number of nitrogens with zero attached hydrogens (tertiary/aromatic N) is 4. The van der Waals surface area contributed by atoms with Crippen molar-refractivity contribution in [1.82, 2.24) is 24.8 Å². The molecule has 0 bridgehead atoms. The van der Waals surface area contributed by atoms with E-state index in [9.17, 15) is 9.18 Å². The lowest BCUT2D eigenvalue weighted by molar-refractivity contribution is -0.159. The second-order valence-electron chi connectivity index (χ2n) is 10.1. The van der Waals surface area contributed by atoms with Crippen LogP contribution in [0.3, 0.4) is 0 Å². The van der Waals surface area contributed by atoms with E-state index in [2.05, 4.69) is 31.9 Å². The molecule has 0 saturated carbocycles. The molecule has 4 aromatic rings. The number of hydrogen-bond donors (Lipinski definition) is 5. The topological polar surface area (TPSA) is 212 Å². The molecular formula is C30H32FN5O9S. The van der Waals surface area contributed by atoms with E-state index in [4.69, 9.17) is 44.6 Å². The Morgan fingerprint density at radius 3 is 2.07 bits per heavy atom. The second kappa shape index (κ2) is 17.3. The number of amides is 1. The van der Waals surface area contributed by atoms with Crippen molar-refractivity contribution in [1.29, 1.82) is 0 Å². The Morgan fingerprint density at radius 1 is 0.891 bits per heavy atom. The van der Waals surface area contributed by atoms with Crippen LogP contribution in [-0.4, -0.2) is 95.8 Å². The van der Waals surface area contributed by atoms with Crippen molar-refractivity contribution in [2.45, 2.75) is 25.8 Å². The zero-order chi connectivity index (χ0) is 33.6. The van der Waals surface area contributed by atoms with Gasteiger partial charge in [-0.2, -0.15) is 0 Å². The predicted octanol–water partition coefficient (Wildman–Crippen LogP) is 2.68. The molecule has 5 rings (SSSR count). The lowest BCUT2D eigenvalue weighted by Crippen LogP contribution is -2.40. The van der Waals surface area contributed by atoms with Gasteiger partial charge in [0.25, 0.3) is 5.91 Å². The maximum atomic E-state index is 13.4. The Hall–Kier alpha value is -5.22. The summed E-state index contributed by atoms with van der Waals surface area (Å²) in [5.41, 5.74) is 5.36. The second-order valence-corrected chi connectivity index (χ2v) is 10.8. The summed E-state index contributed by atoms with van der Waals surface area (Å²) in [6.07, 6.45) is 3.16. The van der Waals surface area contributed by atoms with Gasteiger partial charge in [0.15, 0.2) is 0 Å². The largest absolute Gasteiger partial charge is 0.473 e. The Kier molecular flexibility index (Phi) is 13.3. The third-order valence-electron chi connectivity index (χ3n) is 6.91. The number of imidazole rings is 1. The van der Waals surface area contributed by atoms with Gasteiger partial charge in [0, 0.05) is 31.4 Å². The van der Waals surface area contributed by atoms with Crippen molar-refractivity contribution in [3.8, 4) is 0 Å². The number of nitrogens with one attached hydrogen (secondary N) is 1. The van der Waals surface area contributed by atoms with Crippen molar-refractivity contribution in [3.63, 3.8) is 0 Å². The zero-order valence-electron chi connectivity index (χ0n) is 24.4. The Labute approximate surface area is 265 Å². The minimum absolute atomic E-state index is 0.101. The number of carbonyl (C=O) groups is 5. The molecule has 0 radical (unpaired) electrons. The smallest absolute Gasteiger partial charge is 0.414 e. The summed E-state index contributed by atoms with van der Waals surface area (Å²) in [5, 5.41) is 34.3. The van der Waals surface area contributed by atoms with Gasteiger partial charge in [0.2, 0.25) is 0 Å². The summed E-state index contributed by atoms with van der Waals surface area (Å²) in [6, 6.07) is 15.0. The number of carboxylic acids is 4. The number of rotatable bonds is 8. The van der Waals surface area contributed by atoms with Crippen LogP contribution in [0.4, 0.5) is 4.39 Å². The van der Waals surface area contributed by atoms with Crippen LogP contribution in [0.1, 0.15) is 34.7 Å². The quantitative estimate of drug-likeness (QED) is 0.173. The zero-order valence-corrected chi connectivity index (χ0v) is 25.2. The normalized spacial score (nSPS) is 13.1. The number of fused-ring (bicyclic) bond motifs is 1. The first kappa shape index (κ1) is 35.3. The number of benzene rings is 2. The van der Waals surface area contributed by atoms with Crippen molar-refractivity contribution >= 4 is 52.2 Å². The molecule has 1 fully saturated rings. The van der Waals surface area contributed by atoms with Gasteiger partial charge in [-0.05, 0) is 61.7 Å². The third kappa shape index (κ3) is 11.0. The van der Waals surface area contributed by atoms with Gasteiger partial charge in [-0.1, -0.05) is 24.3 Å². The highest BCUT2D eigenvalue weighted by molar-refractivity contribution is 7.07. The lowest BCUT2D eigenvalue weighted by Gasteiger charge is -2.31. The Morgan fingerprint density at radius 2 is 1.50 bits per heavy atom. The summed E-state index contributed by atoms with van der Waals surface area (Å²) >= 11 is 1.43. The molecule has 2 aromatic carbocycles. The molecule has 5 N–H and O–H groups in total. The molecule has 0 aliphatic carbocycles. The molecule has 1 saturated heterocycles. The van der Waals surface area contributed by atoms with Gasteiger partial charge < -0.3 is 35.2 Å². The summed E-state index contributed by atoms with van der Waals surface area (Å²) in [4.78, 5) is 59.9. The van der Waals surface area contributed by atoms with Crippen molar-refractivity contribution in [2.75, 3.05) is 26.2 Å². The first-order chi connectivity index (χ1) is 21.9. The standard InChI is InChI=1S/C26H28FN5OS.2C2H2O4/c27-21-7-5-20(6-8-21)16-32-24-4-2-1-3-22(24)30-25(32)15-19-9-12-31(13-10-19)14-11-28-26(33)23-17-34-18-29-23;2*3-1(4)2(5)6/h1-8,17-19H,9-16H2,(H,28,33);2*(H,3,4)(H,5,6). The molecule has 46 heavy (non-hydrogen) atoms. The molecule has 0 atom stereocenters. The molecule has 1 aliphatic rings. The highest BCUT2D eigenvalue weighted by Crippen LogP contribution is 2.25. The molecular weight excluding hydrogens is 625 g/mol. The number of piperidine rings is 1. The summed E-state index contributed by atoms with van der Waals surface area (Å²) in [7, 11) is 0. The molecule has 1 aliphatic heterocycles. The lowest BCUT2D eigenvalue weighted by atomic mass is 9.93. The number of para-hydroxylation sites is 2. The fraction of sp³-hybridized carbons (Fsp3) is 0.300. The molecule has 0 unspecified atom stereocenters. The van der Waals surface area contributed by atoms with Gasteiger partial charge in [0.05, 0.1) is 16.5 Å². The Balaban J connectivity index is 0.000000410. The predicted molar refractivity (Wildman–Crippen MR) is 163 cm³/mol. The van der Waals surface area contributed by atoms with Crippen LogP contribution in [0.5, 0.6) is 0 Å². The molecule has 16 heteroatoms. The van der Waals surface area contributed by atoms with Crippen LogP contribution in [0.15, 0.2) is 59.4 Å². The van der Waals surface area contributed by atoms with Gasteiger partial charge in [-0.25, -0.2) is 33.5 Å². The van der Waals surface area contributed by atoms with Crippen molar-refractivity contribution in [3.05, 3.63) is 82.3 Å². The molecule has 14 nitrogen and oxygen atoms in total. The molecule has 244 valence electrons. The monoisotopic (exact) mass is 657 g/mol. The minimum Gasteiger partial charge on any atom is -0.473 e. The van der Waals surface area contributed by atoms with Crippen LogP contribution in [0.2, 0.25) is 0 Å². The highest BCUT2D eigenvalue weighted by Gasteiger charge is 2.22. The summed E-state index contributed by atoms with van der Waals surface area (Å²) in [5.74, 6) is -5.94. The van der Waals surface area contributed by atoms with Crippen LogP contribution < -0.4 is 5.32 Å². The molecule has 1 amide bonds. The van der Waals surface area contributed by atoms with Gasteiger partial charge in [0.1, 0.15) is 17.3 Å². The maximum absolute atomic E-state index is 13.4. The van der Waals surface area contributed by atoms with E-state index >= 15 is 0 Å². The number of aromatic nitrogens is 3. The van der Waals surface area contributed by atoms with Crippen LogP contribution >= 0.6 is 11.3 Å². The van der Waals surface area contributed by atoms with Crippen molar-refractivity contribution in [2.24, 2.45) is 5.92 Å². The number of hydrogen-bond acceptors (Lipinski definition) is 9. The number of carboxylic acid groups (broad SMARTS) is 4. The van der Waals surface area contributed by atoms with Crippen LogP contribution in [-0.2, 0) is 32.1 Å². The first-order valence-corrected chi connectivity index (χ1v) is 14.9. The average Bonchev–Trinajstić information content (AvgIpc) is 3.69.